The minimum atomic E-state index is -3.33. The molecular weight excluding hydrogens is 308 g/mol. The van der Waals surface area contributed by atoms with Crippen molar-refractivity contribution in [1.29, 1.82) is 0 Å². The van der Waals surface area contributed by atoms with Crippen molar-refractivity contribution in [2.75, 3.05) is 0 Å². The summed E-state index contributed by atoms with van der Waals surface area (Å²) in [6, 6.07) is 9.05. The van der Waals surface area contributed by atoms with Crippen LogP contribution in [-0.2, 0) is 9.84 Å². The smallest absolute Gasteiger partial charge is 0.202 e. The van der Waals surface area contributed by atoms with E-state index in [1.807, 2.05) is 18.2 Å². The maximum Gasteiger partial charge on any atom is 0.202 e. The third-order valence-electron chi connectivity index (χ3n) is 5.31. The average Bonchev–Trinajstić information content (AvgIpc) is 2.94. The zero-order chi connectivity index (χ0) is 16.0. The molecule has 0 saturated heterocycles. The van der Waals surface area contributed by atoms with Crippen LogP contribution in [0.15, 0.2) is 45.3 Å². The number of rotatable bonds is 3. The number of allylic oxidation sites excluding steroid dienone is 2. The highest BCUT2D eigenvalue weighted by Crippen LogP contribution is 2.50. The SMILES string of the molecule is C[Si](C)(C)C1=C(S(=O)(=O)c2ccccc2)[C@H]2CCC[C@H]2CC1. The molecule has 22 heavy (non-hydrogen) atoms. The summed E-state index contributed by atoms with van der Waals surface area (Å²) in [6.07, 6.45) is 5.63. The first-order valence-corrected chi connectivity index (χ1v) is 13.3. The van der Waals surface area contributed by atoms with Gasteiger partial charge in [-0.1, -0.05) is 49.5 Å². The molecule has 0 N–H and O–H groups in total. The predicted octanol–water partition coefficient (Wildman–Crippen LogP) is 4.80. The molecule has 3 rings (SSSR count). The van der Waals surface area contributed by atoms with Gasteiger partial charge in [0.15, 0.2) is 0 Å². The van der Waals surface area contributed by atoms with Crippen molar-refractivity contribution in [3.05, 3.63) is 40.4 Å². The lowest BCUT2D eigenvalue weighted by atomic mass is 9.86. The second-order valence-corrected chi connectivity index (χ2v) is 14.8. The lowest BCUT2D eigenvalue weighted by molar-refractivity contribution is 0.397. The van der Waals surface area contributed by atoms with Crippen LogP contribution in [0.1, 0.15) is 32.1 Å². The molecule has 1 saturated carbocycles. The molecule has 2 atom stereocenters. The van der Waals surface area contributed by atoms with Crippen molar-refractivity contribution < 1.29 is 8.42 Å². The summed E-state index contributed by atoms with van der Waals surface area (Å²) in [4.78, 5) is 1.31. The molecule has 0 heterocycles. The number of hydrogen-bond donors (Lipinski definition) is 0. The molecule has 0 bridgehead atoms. The second-order valence-electron chi connectivity index (χ2n) is 7.75. The molecule has 120 valence electrons. The Morgan fingerprint density at radius 1 is 1.00 bits per heavy atom. The first kappa shape index (κ1) is 16.0. The molecule has 1 aromatic carbocycles. The first-order chi connectivity index (χ1) is 10.3. The van der Waals surface area contributed by atoms with Gasteiger partial charge in [0.2, 0.25) is 9.84 Å². The van der Waals surface area contributed by atoms with Gasteiger partial charge in [-0.2, -0.15) is 0 Å². The molecule has 0 radical (unpaired) electrons. The quantitative estimate of drug-likeness (QED) is 0.744. The van der Waals surface area contributed by atoms with Crippen molar-refractivity contribution in [1.82, 2.24) is 0 Å². The molecular formula is C18H26O2SSi. The Hall–Kier alpha value is -0.873. The summed E-state index contributed by atoms with van der Waals surface area (Å²) in [5, 5.41) is 1.31. The predicted molar refractivity (Wildman–Crippen MR) is 94.1 cm³/mol. The Labute approximate surface area is 135 Å². The van der Waals surface area contributed by atoms with E-state index in [2.05, 4.69) is 19.6 Å². The minimum absolute atomic E-state index is 0.278. The van der Waals surface area contributed by atoms with Gasteiger partial charge >= 0.3 is 0 Å². The molecule has 1 fully saturated rings. The maximum atomic E-state index is 13.4. The van der Waals surface area contributed by atoms with Gasteiger partial charge in [-0.25, -0.2) is 8.42 Å². The fourth-order valence-electron chi connectivity index (χ4n) is 4.24. The summed E-state index contributed by atoms with van der Waals surface area (Å²) in [7, 11) is -4.96. The number of sulfone groups is 1. The van der Waals surface area contributed by atoms with Crippen LogP contribution in [0.5, 0.6) is 0 Å². The van der Waals surface area contributed by atoms with Gasteiger partial charge in [0.25, 0.3) is 0 Å². The third-order valence-corrected chi connectivity index (χ3v) is 9.84. The Morgan fingerprint density at radius 2 is 1.68 bits per heavy atom. The molecule has 4 heteroatoms. The Kier molecular flexibility index (Phi) is 4.10. The van der Waals surface area contributed by atoms with E-state index in [-0.39, 0.29) is 5.92 Å². The highest BCUT2D eigenvalue weighted by molar-refractivity contribution is 7.95. The second kappa shape index (κ2) is 5.64. The topological polar surface area (TPSA) is 34.1 Å². The largest absolute Gasteiger partial charge is 0.219 e. The molecule has 2 nitrogen and oxygen atoms in total. The number of hydrogen-bond acceptors (Lipinski definition) is 2. The molecule has 2 aliphatic carbocycles. The van der Waals surface area contributed by atoms with Crippen LogP contribution in [0.2, 0.25) is 19.6 Å². The Balaban J connectivity index is 2.19. The van der Waals surface area contributed by atoms with Crippen LogP contribution in [0.25, 0.3) is 0 Å². The summed E-state index contributed by atoms with van der Waals surface area (Å²) in [6.45, 7) is 6.87. The van der Waals surface area contributed by atoms with Crippen LogP contribution in [0, 0.1) is 11.8 Å². The van der Waals surface area contributed by atoms with Gasteiger partial charge in [-0.05, 0) is 49.7 Å². The molecule has 0 aromatic heterocycles. The van der Waals surface area contributed by atoms with Gasteiger partial charge in [0.1, 0.15) is 0 Å². The highest BCUT2D eigenvalue weighted by atomic mass is 32.2. The molecule has 2 aliphatic rings. The standard InChI is InChI=1S/C18H26O2SSi/c1-22(2,3)17-13-12-14-8-7-11-16(14)18(17)21(19,20)15-9-5-4-6-10-15/h4-6,9-10,14,16H,7-8,11-13H2,1-3H3/t14-,16-/m0/s1. The van der Waals surface area contributed by atoms with Crippen LogP contribution in [0.4, 0.5) is 0 Å². The average molecular weight is 335 g/mol. The van der Waals surface area contributed by atoms with Crippen molar-refractivity contribution >= 4 is 17.9 Å². The minimum Gasteiger partial charge on any atom is -0.219 e. The van der Waals surface area contributed by atoms with E-state index in [0.717, 1.165) is 17.7 Å². The van der Waals surface area contributed by atoms with E-state index in [4.69, 9.17) is 0 Å². The van der Waals surface area contributed by atoms with Crippen LogP contribution < -0.4 is 0 Å². The van der Waals surface area contributed by atoms with Gasteiger partial charge in [-0.15, -0.1) is 0 Å². The number of fused-ring (bicyclic) bond motifs is 1. The highest BCUT2D eigenvalue weighted by Gasteiger charge is 2.43. The summed E-state index contributed by atoms with van der Waals surface area (Å²) in [5.74, 6) is 0.870. The van der Waals surface area contributed by atoms with E-state index in [0.29, 0.717) is 10.8 Å². The van der Waals surface area contributed by atoms with Gasteiger partial charge < -0.3 is 0 Å². The molecule has 0 unspecified atom stereocenters. The van der Waals surface area contributed by atoms with Crippen LogP contribution in [-0.4, -0.2) is 16.5 Å². The van der Waals surface area contributed by atoms with Gasteiger partial charge in [-0.3, -0.25) is 0 Å². The molecule has 1 aromatic rings. The summed E-state index contributed by atoms with van der Waals surface area (Å²) >= 11 is 0. The lowest BCUT2D eigenvalue weighted by Crippen LogP contribution is -2.34. The summed E-state index contributed by atoms with van der Waals surface area (Å²) in [5.41, 5.74) is 0. The normalized spacial score (nSPS) is 26.1. The van der Waals surface area contributed by atoms with E-state index in [1.165, 1.54) is 24.5 Å². The first-order valence-electron chi connectivity index (χ1n) is 8.35. The van der Waals surface area contributed by atoms with E-state index >= 15 is 0 Å². The van der Waals surface area contributed by atoms with E-state index < -0.39 is 17.9 Å². The van der Waals surface area contributed by atoms with Crippen molar-refractivity contribution in [3.8, 4) is 0 Å². The fraction of sp³-hybridized carbons (Fsp3) is 0.556. The number of benzene rings is 1. The van der Waals surface area contributed by atoms with Gasteiger partial charge in [0.05, 0.1) is 13.0 Å². The lowest BCUT2D eigenvalue weighted by Gasteiger charge is -2.35. The molecule has 0 spiro atoms. The van der Waals surface area contributed by atoms with Crippen LogP contribution in [0.3, 0.4) is 0 Å². The monoisotopic (exact) mass is 334 g/mol. The molecule has 0 amide bonds. The van der Waals surface area contributed by atoms with Crippen molar-refractivity contribution in [2.24, 2.45) is 11.8 Å². The van der Waals surface area contributed by atoms with E-state index in [9.17, 15) is 8.42 Å². The Morgan fingerprint density at radius 3 is 2.32 bits per heavy atom. The molecule has 0 aliphatic heterocycles. The van der Waals surface area contributed by atoms with Crippen molar-refractivity contribution in [3.63, 3.8) is 0 Å². The zero-order valence-corrected chi connectivity index (χ0v) is 15.6. The Bertz CT molecular complexity index is 684. The zero-order valence-electron chi connectivity index (χ0n) is 13.8. The third kappa shape index (κ3) is 2.71. The summed E-state index contributed by atoms with van der Waals surface area (Å²) < 4.78 is 26.7. The van der Waals surface area contributed by atoms with Crippen molar-refractivity contribution in [2.45, 2.75) is 56.6 Å². The fourth-order valence-corrected chi connectivity index (χ4v) is 9.28. The van der Waals surface area contributed by atoms with Gasteiger partial charge in [0, 0.05) is 4.91 Å². The van der Waals surface area contributed by atoms with Crippen LogP contribution >= 0.6 is 0 Å². The van der Waals surface area contributed by atoms with E-state index in [1.54, 1.807) is 12.1 Å². The maximum absolute atomic E-state index is 13.4.